The largest absolute Gasteiger partial charge is 0.355 e. The fourth-order valence-corrected chi connectivity index (χ4v) is 1.42. The maximum atomic E-state index is 11.4. The summed E-state index contributed by atoms with van der Waals surface area (Å²) in [6.45, 7) is 4.19. The van der Waals surface area contributed by atoms with E-state index in [0.29, 0.717) is 6.54 Å². The van der Waals surface area contributed by atoms with Crippen LogP contribution in [0, 0.1) is 5.92 Å². The normalized spacial score (nSPS) is 10.3. The first kappa shape index (κ1) is 13.4. The van der Waals surface area contributed by atoms with Gasteiger partial charge in [-0.2, -0.15) is 0 Å². The Hall–Kier alpha value is -1.64. The first-order valence-electron chi connectivity index (χ1n) is 5.93. The van der Waals surface area contributed by atoms with Crippen molar-refractivity contribution in [1.29, 1.82) is 0 Å². The molecule has 1 amide bonds. The lowest BCUT2D eigenvalue weighted by Gasteiger charge is -2.06. The van der Waals surface area contributed by atoms with Gasteiger partial charge in [0.05, 0.1) is 6.42 Å². The zero-order valence-electron chi connectivity index (χ0n) is 10.4. The van der Waals surface area contributed by atoms with E-state index in [-0.39, 0.29) is 24.0 Å². The van der Waals surface area contributed by atoms with E-state index in [4.69, 9.17) is 0 Å². The van der Waals surface area contributed by atoms with Gasteiger partial charge in [-0.15, -0.1) is 0 Å². The predicted molar refractivity (Wildman–Crippen MR) is 67.6 cm³/mol. The van der Waals surface area contributed by atoms with Crippen molar-refractivity contribution in [2.24, 2.45) is 5.92 Å². The van der Waals surface area contributed by atoms with Gasteiger partial charge in [-0.25, -0.2) is 0 Å². The highest BCUT2D eigenvalue weighted by Gasteiger charge is 2.12. The van der Waals surface area contributed by atoms with Crippen molar-refractivity contribution in [2.75, 3.05) is 6.54 Å². The highest BCUT2D eigenvalue weighted by atomic mass is 16.2. The number of carbonyl (C=O) groups excluding carboxylic acids is 2. The van der Waals surface area contributed by atoms with Gasteiger partial charge in [0, 0.05) is 12.5 Å². The molecule has 0 atom stereocenters. The number of rotatable bonds is 6. The first-order chi connectivity index (χ1) is 8.09. The monoisotopic (exact) mass is 233 g/mol. The van der Waals surface area contributed by atoms with Crippen LogP contribution in [0.4, 0.5) is 0 Å². The second kappa shape index (κ2) is 6.84. The van der Waals surface area contributed by atoms with Gasteiger partial charge in [0.2, 0.25) is 5.91 Å². The summed E-state index contributed by atoms with van der Waals surface area (Å²) in [7, 11) is 0. The van der Waals surface area contributed by atoms with Crippen molar-refractivity contribution in [3.8, 4) is 0 Å². The molecule has 0 radical (unpaired) electrons. The second-order valence-electron chi connectivity index (χ2n) is 4.38. The SMILES string of the molecule is CC(C)C(=O)CC(=O)NCCc1ccccc1. The summed E-state index contributed by atoms with van der Waals surface area (Å²) >= 11 is 0. The lowest BCUT2D eigenvalue weighted by molar-refractivity contribution is -0.129. The highest BCUT2D eigenvalue weighted by molar-refractivity contribution is 5.98. The summed E-state index contributed by atoms with van der Waals surface area (Å²) in [5.74, 6) is -0.267. The predicted octanol–water partition coefficient (Wildman–Crippen LogP) is 1.96. The van der Waals surface area contributed by atoms with Crippen molar-refractivity contribution in [3.05, 3.63) is 35.9 Å². The molecule has 0 saturated carbocycles. The van der Waals surface area contributed by atoms with Crippen LogP contribution in [0.25, 0.3) is 0 Å². The zero-order chi connectivity index (χ0) is 12.7. The molecule has 0 aliphatic rings. The molecule has 1 aromatic rings. The van der Waals surface area contributed by atoms with Gasteiger partial charge in [0.25, 0.3) is 0 Å². The summed E-state index contributed by atoms with van der Waals surface area (Å²) in [5, 5.41) is 2.76. The molecule has 3 heteroatoms. The van der Waals surface area contributed by atoms with E-state index < -0.39 is 0 Å². The van der Waals surface area contributed by atoms with E-state index in [1.54, 1.807) is 13.8 Å². The Morgan fingerprint density at radius 1 is 1.18 bits per heavy atom. The summed E-state index contributed by atoms with van der Waals surface area (Å²) in [6, 6.07) is 9.94. The van der Waals surface area contributed by atoms with Crippen LogP contribution in [-0.2, 0) is 16.0 Å². The van der Waals surface area contributed by atoms with E-state index in [1.165, 1.54) is 5.56 Å². The van der Waals surface area contributed by atoms with Gasteiger partial charge in [-0.3, -0.25) is 9.59 Å². The number of ketones is 1. The molecule has 0 aromatic heterocycles. The van der Waals surface area contributed by atoms with Gasteiger partial charge >= 0.3 is 0 Å². The van der Waals surface area contributed by atoms with Crippen LogP contribution in [0.5, 0.6) is 0 Å². The van der Waals surface area contributed by atoms with Crippen LogP contribution in [0.15, 0.2) is 30.3 Å². The number of hydrogen-bond donors (Lipinski definition) is 1. The van der Waals surface area contributed by atoms with Crippen LogP contribution in [0.3, 0.4) is 0 Å². The van der Waals surface area contributed by atoms with E-state index in [2.05, 4.69) is 5.32 Å². The minimum Gasteiger partial charge on any atom is -0.355 e. The molecule has 1 aromatic carbocycles. The van der Waals surface area contributed by atoms with Crippen molar-refractivity contribution in [1.82, 2.24) is 5.32 Å². The van der Waals surface area contributed by atoms with Crippen molar-refractivity contribution < 1.29 is 9.59 Å². The molecule has 1 N–H and O–H groups in total. The molecule has 1 rings (SSSR count). The van der Waals surface area contributed by atoms with Gasteiger partial charge in [-0.1, -0.05) is 44.2 Å². The molecule has 0 heterocycles. The van der Waals surface area contributed by atoms with Crippen LogP contribution < -0.4 is 5.32 Å². The highest BCUT2D eigenvalue weighted by Crippen LogP contribution is 2.00. The molecule has 0 unspecified atom stereocenters. The molecular formula is C14H19NO2. The Bertz CT molecular complexity index is 371. The maximum Gasteiger partial charge on any atom is 0.227 e. The van der Waals surface area contributed by atoms with E-state index >= 15 is 0 Å². The molecule has 0 saturated heterocycles. The van der Waals surface area contributed by atoms with Crippen LogP contribution in [-0.4, -0.2) is 18.2 Å². The van der Waals surface area contributed by atoms with Gasteiger partial charge in [0.1, 0.15) is 5.78 Å². The van der Waals surface area contributed by atoms with Crippen LogP contribution >= 0.6 is 0 Å². The molecular weight excluding hydrogens is 214 g/mol. The number of hydrogen-bond acceptors (Lipinski definition) is 2. The van der Waals surface area contributed by atoms with Crippen molar-refractivity contribution in [3.63, 3.8) is 0 Å². The molecule has 0 spiro atoms. The molecule has 92 valence electrons. The Balaban J connectivity index is 2.23. The van der Waals surface area contributed by atoms with E-state index in [0.717, 1.165) is 6.42 Å². The van der Waals surface area contributed by atoms with Crippen molar-refractivity contribution >= 4 is 11.7 Å². The van der Waals surface area contributed by atoms with E-state index in [9.17, 15) is 9.59 Å². The lowest BCUT2D eigenvalue weighted by Crippen LogP contribution is -2.28. The average Bonchev–Trinajstić information content (AvgIpc) is 2.30. The third-order valence-corrected chi connectivity index (χ3v) is 2.56. The number of carbonyl (C=O) groups is 2. The zero-order valence-corrected chi connectivity index (χ0v) is 10.4. The number of amides is 1. The Morgan fingerprint density at radius 3 is 2.41 bits per heavy atom. The van der Waals surface area contributed by atoms with Gasteiger partial charge < -0.3 is 5.32 Å². The topological polar surface area (TPSA) is 46.2 Å². The van der Waals surface area contributed by atoms with Crippen LogP contribution in [0.2, 0.25) is 0 Å². The molecule has 0 aliphatic heterocycles. The molecule has 3 nitrogen and oxygen atoms in total. The third-order valence-electron chi connectivity index (χ3n) is 2.56. The fourth-order valence-electron chi connectivity index (χ4n) is 1.42. The minimum atomic E-state index is -0.181. The summed E-state index contributed by atoms with van der Waals surface area (Å²) in [6.07, 6.45) is 0.787. The summed E-state index contributed by atoms with van der Waals surface area (Å²) in [4.78, 5) is 22.7. The number of benzene rings is 1. The van der Waals surface area contributed by atoms with Gasteiger partial charge in [0.15, 0.2) is 0 Å². The fraction of sp³-hybridized carbons (Fsp3) is 0.429. The average molecular weight is 233 g/mol. The second-order valence-corrected chi connectivity index (χ2v) is 4.38. The maximum absolute atomic E-state index is 11.4. The Kier molecular flexibility index (Phi) is 5.40. The molecule has 0 bridgehead atoms. The van der Waals surface area contributed by atoms with Gasteiger partial charge in [-0.05, 0) is 12.0 Å². The Morgan fingerprint density at radius 2 is 1.82 bits per heavy atom. The van der Waals surface area contributed by atoms with E-state index in [1.807, 2.05) is 30.3 Å². The number of Topliss-reactive ketones (excluding diaryl/α,β-unsaturated/α-hetero) is 1. The lowest BCUT2D eigenvalue weighted by atomic mass is 10.1. The first-order valence-corrected chi connectivity index (χ1v) is 5.93. The summed E-state index contributed by atoms with van der Waals surface area (Å²) < 4.78 is 0. The summed E-state index contributed by atoms with van der Waals surface area (Å²) in [5.41, 5.74) is 1.18. The molecule has 0 aliphatic carbocycles. The third kappa shape index (κ3) is 5.29. The quantitative estimate of drug-likeness (QED) is 0.763. The minimum absolute atomic E-state index is 0.00748. The smallest absolute Gasteiger partial charge is 0.227 e. The number of nitrogens with one attached hydrogen (secondary N) is 1. The standard InChI is InChI=1S/C14H19NO2/c1-11(2)13(16)10-14(17)15-9-8-12-6-4-3-5-7-12/h3-7,11H,8-10H2,1-2H3,(H,15,17). The Labute approximate surface area is 102 Å². The van der Waals surface area contributed by atoms with Crippen LogP contribution in [0.1, 0.15) is 25.8 Å². The van der Waals surface area contributed by atoms with Crippen molar-refractivity contribution in [2.45, 2.75) is 26.7 Å². The molecule has 17 heavy (non-hydrogen) atoms. The molecule has 0 fully saturated rings.